The summed E-state index contributed by atoms with van der Waals surface area (Å²) in [4.78, 5) is 2.90. The maximum Gasteiger partial charge on any atom is 0.243 e. The van der Waals surface area contributed by atoms with E-state index in [2.05, 4.69) is 61.2 Å². The van der Waals surface area contributed by atoms with Gasteiger partial charge in [0.05, 0.1) is 11.5 Å². The fraction of sp³-hybridized carbons (Fsp3) is 0.419. The highest BCUT2D eigenvalue weighted by atomic mass is 32.2. The molecule has 5 rings (SSSR count). The number of rotatable bonds is 6. The van der Waals surface area contributed by atoms with Gasteiger partial charge >= 0.3 is 0 Å². The van der Waals surface area contributed by atoms with Gasteiger partial charge in [0, 0.05) is 38.2 Å². The predicted molar refractivity (Wildman–Crippen MR) is 149 cm³/mol. The largest absolute Gasteiger partial charge is 0.383 e. The Morgan fingerprint density at radius 3 is 2.24 bits per heavy atom. The first-order valence-corrected chi connectivity index (χ1v) is 14.7. The zero-order valence-corrected chi connectivity index (χ0v) is 23.2. The SMILES string of the molecule is COCC1[C@@H](c2ccc(-c3ccc(C)c(C)c3)cc2)[C@@H]2CN(S(=O)(=O)c3ccccc3C)CCCCN12. The monoisotopic (exact) mass is 518 g/mol. The lowest BCUT2D eigenvalue weighted by molar-refractivity contribution is -0.0635. The molecule has 2 aliphatic rings. The van der Waals surface area contributed by atoms with Crippen LogP contribution in [-0.4, -0.2) is 63.1 Å². The van der Waals surface area contributed by atoms with Crippen LogP contribution >= 0.6 is 0 Å². The minimum atomic E-state index is -3.57. The first-order valence-electron chi connectivity index (χ1n) is 13.3. The molecule has 2 heterocycles. The van der Waals surface area contributed by atoms with Gasteiger partial charge in [0.1, 0.15) is 0 Å². The zero-order chi connectivity index (χ0) is 26.2. The summed E-state index contributed by atoms with van der Waals surface area (Å²) in [5, 5.41) is 0. The van der Waals surface area contributed by atoms with E-state index in [9.17, 15) is 8.42 Å². The summed E-state index contributed by atoms with van der Waals surface area (Å²) in [6.07, 6.45) is 1.85. The third-order valence-corrected chi connectivity index (χ3v) is 10.4. The van der Waals surface area contributed by atoms with Gasteiger partial charge in [-0.3, -0.25) is 4.90 Å². The van der Waals surface area contributed by atoms with Gasteiger partial charge in [-0.15, -0.1) is 0 Å². The first kappa shape index (κ1) is 26.1. The lowest BCUT2D eigenvalue weighted by Crippen LogP contribution is -2.68. The van der Waals surface area contributed by atoms with E-state index in [4.69, 9.17) is 4.74 Å². The molecule has 196 valence electrons. The van der Waals surface area contributed by atoms with Crippen molar-refractivity contribution in [2.45, 2.75) is 56.5 Å². The third-order valence-electron chi connectivity index (χ3n) is 8.33. The van der Waals surface area contributed by atoms with Crippen LogP contribution in [0.4, 0.5) is 0 Å². The Balaban J connectivity index is 1.44. The van der Waals surface area contributed by atoms with Gasteiger partial charge in [-0.2, -0.15) is 4.31 Å². The van der Waals surface area contributed by atoms with Crippen LogP contribution in [0.1, 0.15) is 41.0 Å². The van der Waals surface area contributed by atoms with E-state index in [1.807, 2.05) is 25.1 Å². The average molecular weight is 519 g/mol. The molecule has 3 atom stereocenters. The molecule has 0 aromatic heterocycles. The molecule has 1 unspecified atom stereocenters. The van der Waals surface area contributed by atoms with Crippen molar-refractivity contribution in [1.29, 1.82) is 0 Å². The standard InChI is InChI=1S/C31H38N2O3S/c1-22-11-12-27(19-24(22)3)25-13-15-26(16-14-25)31-28-20-32(17-7-8-18-33(28)29(31)21-36-4)37(34,35)30-10-6-5-9-23(30)2/h5-6,9-16,19,28-29,31H,7-8,17-18,20-21H2,1-4H3/t28-,29?,31-/m0/s1. The molecule has 37 heavy (non-hydrogen) atoms. The number of sulfonamides is 1. The van der Waals surface area contributed by atoms with Crippen LogP contribution in [-0.2, 0) is 14.8 Å². The number of fused-ring (bicyclic) bond motifs is 1. The summed E-state index contributed by atoms with van der Waals surface area (Å²) >= 11 is 0. The minimum absolute atomic E-state index is 0.131. The van der Waals surface area contributed by atoms with E-state index in [0.717, 1.165) is 24.9 Å². The second-order valence-electron chi connectivity index (χ2n) is 10.6. The predicted octanol–water partition coefficient (Wildman–Crippen LogP) is 5.55. The second-order valence-corrected chi connectivity index (χ2v) is 12.5. The van der Waals surface area contributed by atoms with Gasteiger partial charge in [0.25, 0.3) is 0 Å². The summed E-state index contributed by atoms with van der Waals surface area (Å²) < 4.78 is 34.8. The number of methoxy groups -OCH3 is 1. The molecule has 0 N–H and O–H groups in total. The van der Waals surface area contributed by atoms with Crippen molar-refractivity contribution in [1.82, 2.24) is 9.21 Å². The molecule has 3 aromatic rings. The van der Waals surface area contributed by atoms with E-state index < -0.39 is 10.0 Å². The van der Waals surface area contributed by atoms with Gasteiger partial charge in [0.2, 0.25) is 10.0 Å². The van der Waals surface area contributed by atoms with Crippen LogP contribution in [0.15, 0.2) is 71.6 Å². The van der Waals surface area contributed by atoms with Crippen LogP contribution in [0.25, 0.3) is 11.1 Å². The molecule has 2 fully saturated rings. The lowest BCUT2D eigenvalue weighted by Gasteiger charge is -2.57. The normalized spacial score (nSPS) is 23.1. The van der Waals surface area contributed by atoms with E-state index >= 15 is 0 Å². The Kier molecular flexibility index (Phi) is 7.55. The Hall–Kier alpha value is -2.51. The molecule has 0 radical (unpaired) electrons. The summed E-state index contributed by atoms with van der Waals surface area (Å²) in [6.45, 7) is 8.85. The number of hydrogen-bond acceptors (Lipinski definition) is 4. The van der Waals surface area contributed by atoms with E-state index in [1.54, 1.807) is 17.5 Å². The molecule has 0 bridgehead atoms. The minimum Gasteiger partial charge on any atom is -0.383 e. The molecule has 0 amide bonds. The molecule has 3 aromatic carbocycles. The maximum atomic E-state index is 13.7. The van der Waals surface area contributed by atoms with Gasteiger partial charge in [-0.05, 0) is 79.6 Å². The third kappa shape index (κ3) is 5.00. The molecule has 6 heteroatoms. The highest BCUT2D eigenvalue weighted by molar-refractivity contribution is 7.89. The van der Waals surface area contributed by atoms with Crippen molar-refractivity contribution in [3.8, 4) is 11.1 Å². The van der Waals surface area contributed by atoms with Crippen molar-refractivity contribution in [3.05, 3.63) is 89.0 Å². The average Bonchev–Trinajstić information content (AvgIpc) is 2.87. The van der Waals surface area contributed by atoms with Crippen molar-refractivity contribution in [2.75, 3.05) is 33.4 Å². The Labute approximate surface area is 222 Å². The summed E-state index contributed by atoms with van der Waals surface area (Å²) in [7, 11) is -1.81. The molecular weight excluding hydrogens is 480 g/mol. The molecule has 0 aliphatic carbocycles. The molecule has 0 spiro atoms. The Morgan fingerprint density at radius 1 is 0.838 bits per heavy atom. The van der Waals surface area contributed by atoms with Crippen molar-refractivity contribution >= 4 is 10.0 Å². The Morgan fingerprint density at radius 2 is 1.54 bits per heavy atom. The number of ether oxygens (including phenoxy) is 1. The van der Waals surface area contributed by atoms with Gasteiger partial charge in [-0.25, -0.2) is 8.42 Å². The van der Waals surface area contributed by atoms with Crippen molar-refractivity contribution < 1.29 is 13.2 Å². The van der Waals surface area contributed by atoms with Crippen LogP contribution < -0.4 is 0 Å². The number of nitrogens with zero attached hydrogens (tertiary/aromatic N) is 2. The summed E-state index contributed by atoms with van der Waals surface area (Å²) in [5.74, 6) is 0.224. The van der Waals surface area contributed by atoms with Crippen molar-refractivity contribution in [2.24, 2.45) is 0 Å². The van der Waals surface area contributed by atoms with E-state index in [-0.39, 0.29) is 18.0 Å². The highest BCUT2D eigenvalue weighted by Crippen LogP contribution is 2.43. The quantitative estimate of drug-likeness (QED) is 0.430. The lowest BCUT2D eigenvalue weighted by atomic mass is 9.74. The smallest absolute Gasteiger partial charge is 0.243 e. The van der Waals surface area contributed by atoms with Crippen LogP contribution in [0.3, 0.4) is 0 Å². The number of aryl methyl sites for hydroxylation is 3. The highest BCUT2D eigenvalue weighted by Gasteiger charge is 2.50. The molecule has 2 aliphatic heterocycles. The van der Waals surface area contributed by atoms with E-state index in [1.165, 1.54) is 27.8 Å². The molecular formula is C31H38N2O3S. The topological polar surface area (TPSA) is 49.9 Å². The Bertz CT molecular complexity index is 1350. The number of benzene rings is 3. The second kappa shape index (κ2) is 10.7. The fourth-order valence-electron chi connectivity index (χ4n) is 6.08. The van der Waals surface area contributed by atoms with Crippen LogP contribution in [0, 0.1) is 20.8 Å². The van der Waals surface area contributed by atoms with Crippen LogP contribution in [0.5, 0.6) is 0 Å². The maximum absolute atomic E-state index is 13.7. The fourth-order valence-corrected chi connectivity index (χ4v) is 7.80. The van der Waals surface area contributed by atoms with Crippen LogP contribution in [0.2, 0.25) is 0 Å². The van der Waals surface area contributed by atoms with Gasteiger partial charge < -0.3 is 4.74 Å². The van der Waals surface area contributed by atoms with Gasteiger partial charge in [0.15, 0.2) is 0 Å². The summed E-state index contributed by atoms with van der Waals surface area (Å²) in [6, 6.07) is 23.2. The van der Waals surface area contributed by atoms with Crippen molar-refractivity contribution in [3.63, 3.8) is 0 Å². The van der Waals surface area contributed by atoms with E-state index in [0.29, 0.717) is 24.6 Å². The van der Waals surface area contributed by atoms with Gasteiger partial charge in [-0.1, -0.05) is 60.7 Å². The molecule has 2 saturated heterocycles. The molecule has 5 nitrogen and oxygen atoms in total. The number of hydrogen-bond donors (Lipinski definition) is 0. The summed E-state index contributed by atoms with van der Waals surface area (Å²) in [5.41, 5.74) is 7.07. The zero-order valence-electron chi connectivity index (χ0n) is 22.4. The molecule has 0 saturated carbocycles. The first-order chi connectivity index (χ1) is 17.8.